The van der Waals surface area contributed by atoms with Crippen LogP contribution in [0.5, 0.6) is 11.5 Å². The molecule has 0 unspecified atom stereocenters. The standard InChI is InChI=1S/C63H67N5O.Pt/c1-59(2,3)42-25-27-51(41-21-17-16-18-22-41)54(36-42)58-65-67(40-66(58)47-32-44(61(7,8)9)31-45(33-47)62(10,11)12)48-34-46(63(13,14)15)35-50(38-48)69-49-26-28-53-52-23-19-20-24-55(52)68(56(53)39-49)57-37-43(29-30-64-57)60(4,5)6;/h16-37H,1-15H3;/q-2;. The molecule has 9 rings (SSSR count). The summed E-state index contributed by atoms with van der Waals surface area (Å²) in [6, 6.07) is 52.9. The summed E-state index contributed by atoms with van der Waals surface area (Å²) < 4.78 is 13.1. The Morgan fingerprint density at radius 3 is 1.74 bits per heavy atom. The van der Waals surface area contributed by atoms with Gasteiger partial charge < -0.3 is 13.9 Å². The van der Waals surface area contributed by atoms with Crippen molar-refractivity contribution in [1.82, 2.24) is 19.3 Å². The molecule has 0 aliphatic heterocycles. The van der Waals surface area contributed by atoms with Crippen LogP contribution in [-0.2, 0) is 48.1 Å². The molecular weight excluding hydrogens is 1040 g/mol. The molecule has 7 heteroatoms. The zero-order valence-corrected chi connectivity index (χ0v) is 45.9. The zero-order valence-electron chi connectivity index (χ0n) is 43.7. The minimum absolute atomic E-state index is 0. The summed E-state index contributed by atoms with van der Waals surface area (Å²) in [6.45, 7) is 33.8. The fourth-order valence-electron chi connectivity index (χ4n) is 8.87. The first-order valence-corrected chi connectivity index (χ1v) is 24.3. The van der Waals surface area contributed by atoms with Gasteiger partial charge in [0.2, 0.25) is 12.2 Å². The summed E-state index contributed by atoms with van der Waals surface area (Å²) in [5.41, 5.74) is 12.3. The first-order chi connectivity index (χ1) is 32.3. The quantitative estimate of drug-likeness (QED) is 0.118. The van der Waals surface area contributed by atoms with E-state index < -0.39 is 0 Å². The SMILES string of the molecule is CC(C)(C)c1cc(Oc2[c-]c3c(cc2)c2ccccc2n3-c2cc(C(C)(C)C)ccn2)[c-]c(-n2[c-][n+](-c3cc(C(C)(C)C)cc(C(C)(C)C)c3)c(-c3cc(C(C)(C)C)ccc3-c3ccccc3)n2)c1.[Pt]. The van der Waals surface area contributed by atoms with Crippen molar-refractivity contribution in [1.29, 1.82) is 0 Å². The van der Waals surface area contributed by atoms with Crippen LogP contribution in [0.3, 0.4) is 0 Å². The Kier molecular flexibility index (Phi) is 13.1. The van der Waals surface area contributed by atoms with E-state index in [1.54, 1.807) is 0 Å². The summed E-state index contributed by atoms with van der Waals surface area (Å²) >= 11 is 0. The predicted molar refractivity (Wildman–Crippen MR) is 285 cm³/mol. The Balaban J connectivity index is 0.00000659. The fraction of sp³-hybridized carbons (Fsp3) is 0.317. The first kappa shape index (κ1) is 50.3. The van der Waals surface area contributed by atoms with E-state index in [2.05, 4.69) is 253 Å². The molecule has 0 aliphatic carbocycles. The summed E-state index contributed by atoms with van der Waals surface area (Å²) in [6.07, 6.45) is 5.68. The number of aromatic nitrogens is 5. The predicted octanol–water partition coefficient (Wildman–Crippen LogP) is 15.7. The number of fused-ring (bicyclic) bond motifs is 3. The largest absolute Gasteiger partial charge is 0.510 e. The van der Waals surface area contributed by atoms with Crippen molar-refractivity contribution in [3.63, 3.8) is 0 Å². The van der Waals surface area contributed by atoms with E-state index >= 15 is 0 Å². The van der Waals surface area contributed by atoms with Gasteiger partial charge in [0.15, 0.2) is 0 Å². The number of pyridine rings is 1. The maximum atomic E-state index is 6.89. The Bertz CT molecular complexity index is 3340. The van der Waals surface area contributed by atoms with Crippen molar-refractivity contribution >= 4 is 21.8 Å². The van der Waals surface area contributed by atoms with E-state index in [4.69, 9.17) is 14.8 Å². The number of para-hydroxylation sites is 1. The average molecular weight is 1110 g/mol. The molecule has 0 fully saturated rings. The van der Waals surface area contributed by atoms with Crippen LogP contribution < -0.4 is 9.30 Å². The van der Waals surface area contributed by atoms with Gasteiger partial charge >= 0.3 is 0 Å². The summed E-state index contributed by atoms with van der Waals surface area (Å²) in [5, 5.41) is 7.75. The molecular formula is C63H67N5OPt-2. The molecule has 6 nitrogen and oxygen atoms in total. The molecule has 0 bridgehead atoms. The van der Waals surface area contributed by atoms with E-state index in [0.29, 0.717) is 17.2 Å². The van der Waals surface area contributed by atoms with Crippen LogP contribution in [0.1, 0.15) is 132 Å². The number of nitrogens with zero attached hydrogens (tertiary/aromatic N) is 5. The van der Waals surface area contributed by atoms with Crippen molar-refractivity contribution in [2.45, 2.75) is 131 Å². The van der Waals surface area contributed by atoms with Crippen molar-refractivity contribution in [2.75, 3.05) is 0 Å². The van der Waals surface area contributed by atoms with E-state index in [9.17, 15) is 0 Å². The number of benzene rings is 6. The van der Waals surface area contributed by atoms with Crippen molar-refractivity contribution in [2.24, 2.45) is 0 Å². The maximum absolute atomic E-state index is 6.89. The van der Waals surface area contributed by atoms with Gasteiger partial charge in [0.1, 0.15) is 5.82 Å². The van der Waals surface area contributed by atoms with E-state index in [-0.39, 0.29) is 48.1 Å². The Labute approximate surface area is 431 Å². The van der Waals surface area contributed by atoms with Crippen molar-refractivity contribution in [3.05, 3.63) is 180 Å². The molecule has 0 saturated carbocycles. The molecule has 3 heterocycles. The van der Waals surface area contributed by atoms with Crippen LogP contribution >= 0.6 is 0 Å². The number of ether oxygens (including phenoxy) is 1. The van der Waals surface area contributed by atoms with Crippen molar-refractivity contribution in [3.8, 4) is 51.2 Å². The summed E-state index contributed by atoms with van der Waals surface area (Å²) in [4.78, 5) is 4.90. The van der Waals surface area contributed by atoms with Gasteiger partial charge in [-0.3, -0.25) is 0 Å². The van der Waals surface area contributed by atoms with E-state index in [1.807, 2.05) is 16.9 Å². The van der Waals surface area contributed by atoms with Crippen LogP contribution in [0.25, 0.3) is 61.5 Å². The Morgan fingerprint density at radius 1 is 0.500 bits per heavy atom. The topological polar surface area (TPSA) is 48.8 Å². The third-order valence-corrected chi connectivity index (χ3v) is 13.3. The Hall–Kier alpha value is -6.10. The van der Waals surface area contributed by atoms with Crippen LogP contribution in [0.2, 0.25) is 0 Å². The van der Waals surface area contributed by atoms with E-state index in [1.165, 1.54) is 22.3 Å². The van der Waals surface area contributed by atoms with Crippen LogP contribution in [0.15, 0.2) is 134 Å². The average Bonchev–Trinajstić information content (AvgIpc) is 3.88. The van der Waals surface area contributed by atoms with Gasteiger partial charge in [0.05, 0.1) is 0 Å². The molecule has 3 aromatic heterocycles. The smallest absolute Gasteiger partial charge is 0.232 e. The number of rotatable bonds is 7. The molecule has 0 aliphatic rings. The zero-order chi connectivity index (χ0) is 49.4. The van der Waals surface area contributed by atoms with Crippen LogP contribution in [0, 0.1) is 18.5 Å². The Morgan fingerprint density at radius 2 is 1.10 bits per heavy atom. The third-order valence-electron chi connectivity index (χ3n) is 13.3. The van der Waals surface area contributed by atoms with Crippen LogP contribution in [-0.4, -0.2) is 19.3 Å². The minimum atomic E-state index is -0.234. The van der Waals surface area contributed by atoms with Gasteiger partial charge in [0, 0.05) is 55.5 Å². The van der Waals surface area contributed by atoms with E-state index in [0.717, 1.165) is 61.4 Å². The second-order valence-corrected chi connectivity index (χ2v) is 23.9. The summed E-state index contributed by atoms with van der Waals surface area (Å²) in [5.74, 6) is 2.76. The minimum Gasteiger partial charge on any atom is -0.510 e. The van der Waals surface area contributed by atoms with Gasteiger partial charge in [-0.1, -0.05) is 194 Å². The first-order valence-electron chi connectivity index (χ1n) is 24.3. The monoisotopic (exact) mass is 1100 g/mol. The molecule has 0 atom stereocenters. The molecule has 0 spiro atoms. The second kappa shape index (κ2) is 18.3. The number of hydrogen-bond acceptors (Lipinski definition) is 3. The maximum Gasteiger partial charge on any atom is 0.232 e. The molecule has 70 heavy (non-hydrogen) atoms. The number of hydrogen-bond donors (Lipinski definition) is 0. The molecule has 362 valence electrons. The van der Waals surface area contributed by atoms with Gasteiger partial charge in [0.25, 0.3) is 0 Å². The summed E-state index contributed by atoms with van der Waals surface area (Å²) in [7, 11) is 0. The molecule has 0 radical (unpaired) electrons. The van der Waals surface area contributed by atoms with Gasteiger partial charge in [-0.05, 0) is 94.8 Å². The van der Waals surface area contributed by atoms with Gasteiger partial charge in [-0.25, -0.2) is 4.98 Å². The molecule has 0 amide bonds. The molecule has 0 N–H and O–H groups in total. The normalized spacial score (nSPS) is 12.7. The van der Waals surface area contributed by atoms with Crippen LogP contribution in [0.4, 0.5) is 0 Å². The fourth-order valence-corrected chi connectivity index (χ4v) is 8.87. The molecule has 0 saturated heterocycles. The third kappa shape index (κ3) is 10.1. The van der Waals surface area contributed by atoms with Gasteiger partial charge in [-0.2, -0.15) is 22.4 Å². The molecule has 6 aromatic carbocycles. The van der Waals surface area contributed by atoms with Gasteiger partial charge in [-0.15, -0.1) is 29.7 Å². The van der Waals surface area contributed by atoms with Crippen molar-refractivity contribution < 1.29 is 30.4 Å². The second-order valence-electron chi connectivity index (χ2n) is 23.9. The molecule has 9 aromatic rings.